The first kappa shape index (κ1) is 18.9. The molecule has 4 rings (SSSR count). The van der Waals surface area contributed by atoms with Crippen LogP contribution in [0.25, 0.3) is 22.3 Å². The van der Waals surface area contributed by atoms with Crippen LogP contribution in [0.1, 0.15) is 17.2 Å². The van der Waals surface area contributed by atoms with E-state index in [0.717, 1.165) is 22.2 Å². The van der Waals surface area contributed by atoms with Crippen molar-refractivity contribution in [2.45, 2.75) is 19.1 Å². The molecule has 2 aromatic carbocycles. The number of aromatic amines is 1. The van der Waals surface area contributed by atoms with Crippen LogP contribution in [-0.2, 0) is 7.05 Å². The zero-order valence-electron chi connectivity index (χ0n) is 15.6. The minimum absolute atomic E-state index is 0.0143. The van der Waals surface area contributed by atoms with Gasteiger partial charge in [-0.25, -0.2) is 4.68 Å². The molecule has 0 amide bonds. The van der Waals surface area contributed by atoms with E-state index in [9.17, 15) is 13.2 Å². The minimum atomic E-state index is -4.49. The van der Waals surface area contributed by atoms with Gasteiger partial charge in [-0.1, -0.05) is 24.3 Å². The fourth-order valence-corrected chi connectivity index (χ4v) is 3.06. The van der Waals surface area contributed by atoms with Crippen LogP contribution >= 0.6 is 0 Å². The first-order valence-electron chi connectivity index (χ1n) is 8.77. The van der Waals surface area contributed by atoms with Crippen molar-refractivity contribution in [1.29, 1.82) is 0 Å². The van der Waals surface area contributed by atoms with Gasteiger partial charge in [0, 0.05) is 23.7 Å². The summed E-state index contributed by atoms with van der Waals surface area (Å²) >= 11 is 0. The summed E-state index contributed by atoms with van der Waals surface area (Å²) < 4.78 is 39.9. The largest absolute Gasteiger partial charge is 0.407 e. The van der Waals surface area contributed by atoms with Gasteiger partial charge in [0.2, 0.25) is 5.95 Å². The van der Waals surface area contributed by atoms with E-state index in [1.807, 2.05) is 19.1 Å². The summed E-state index contributed by atoms with van der Waals surface area (Å²) in [6.07, 6.45) is -2.74. The molecular formula is C19H18F3N7. The molecule has 2 aromatic heterocycles. The molecule has 7 nitrogen and oxygen atoms in total. The summed E-state index contributed by atoms with van der Waals surface area (Å²) in [5.41, 5.74) is 8.61. The number of aromatic nitrogens is 5. The fourth-order valence-electron chi connectivity index (χ4n) is 3.06. The van der Waals surface area contributed by atoms with E-state index in [1.165, 1.54) is 24.3 Å². The number of anilines is 2. The first-order valence-corrected chi connectivity index (χ1v) is 8.77. The fraction of sp³-hybridized carbons (Fsp3) is 0.211. The van der Waals surface area contributed by atoms with E-state index in [-0.39, 0.29) is 5.56 Å². The van der Waals surface area contributed by atoms with Gasteiger partial charge in [0.25, 0.3) is 0 Å². The Morgan fingerprint density at radius 3 is 2.55 bits per heavy atom. The average Bonchev–Trinajstić information content (AvgIpc) is 3.30. The zero-order valence-corrected chi connectivity index (χ0v) is 15.6. The molecule has 0 aliphatic rings. The van der Waals surface area contributed by atoms with Gasteiger partial charge in [-0.3, -0.25) is 5.10 Å². The number of nitrogens with zero attached hydrogens (tertiary/aromatic N) is 4. The molecule has 0 radical (unpaired) electrons. The predicted molar refractivity (Wildman–Crippen MR) is 104 cm³/mol. The van der Waals surface area contributed by atoms with Gasteiger partial charge in [-0.15, -0.1) is 5.10 Å². The van der Waals surface area contributed by atoms with Crippen LogP contribution in [0.2, 0.25) is 0 Å². The van der Waals surface area contributed by atoms with Crippen molar-refractivity contribution in [2.75, 3.05) is 5.32 Å². The lowest BCUT2D eigenvalue weighted by Gasteiger charge is -2.15. The van der Waals surface area contributed by atoms with Crippen molar-refractivity contribution in [2.24, 2.45) is 12.8 Å². The highest BCUT2D eigenvalue weighted by Crippen LogP contribution is 2.31. The number of rotatable bonds is 4. The highest BCUT2D eigenvalue weighted by molar-refractivity contribution is 5.87. The molecule has 4 aromatic rings. The Morgan fingerprint density at radius 2 is 1.86 bits per heavy atom. The maximum atomic E-state index is 12.8. The van der Waals surface area contributed by atoms with Crippen molar-refractivity contribution < 1.29 is 13.2 Å². The minimum Gasteiger partial charge on any atom is -0.324 e. The molecule has 0 saturated heterocycles. The predicted octanol–water partition coefficient (Wildman–Crippen LogP) is 3.97. The molecule has 2 heterocycles. The second kappa shape index (κ2) is 6.89. The van der Waals surface area contributed by atoms with Gasteiger partial charge in [0.1, 0.15) is 6.04 Å². The Balaban J connectivity index is 1.60. The van der Waals surface area contributed by atoms with Crippen molar-refractivity contribution in [3.05, 3.63) is 53.7 Å². The number of benzene rings is 2. The number of hydrogen-bond acceptors (Lipinski definition) is 5. The van der Waals surface area contributed by atoms with E-state index in [1.54, 1.807) is 17.9 Å². The molecule has 0 fully saturated rings. The lowest BCUT2D eigenvalue weighted by Crippen LogP contribution is -2.28. The van der Waals surface area contributed by atoms with Gasteiger partial charge in [0.05, 0.1) is 11.7 Å². The second-order valence-electron chi connectivity index (χ2n) is 6.72. The van der Waals surface area contributed by atoms with Gasteiger partial charge >= 0.3 is 6.18 Å². The maximum Gasteiger partial charge on any atom is 0.407 e. The molecular weight excluding hydrogens is 383 g/mol. The lowest BCUT2D eigenvalue weighted by atomic mass is 10.1. The van der Waals surface area contributed by atoms with E-state index in [2.05, 4.69) is 25.6 Å². The van der Waals surface area contributed by atoms with Crippen LogP contribution in [0.15, 0.2) is 42.6 Å². The van der Waals surface area contributed by atoms with Crippen molar-refractivity contribution in [3.8, 4) is 11.4 Å². The Morgan fingerprint density at radius 1 is 1.14 bits per heavy atom. The summed E-state index contributed by atoms with van der Waals surface area (Å²) in [4.78, 5) is 4.47. The quantitative estimate of drug-likeness (QED) is 0.481. The number of nitrogens with one attached hydrogen (secondary N) is 2. The number of aryl methyl sites for hydroxylation is 2. The molecule has 1 atom stereocenters. The van der Waals surface area contributed by atoms with Gasteiger partial charge < -0.3 is 11.1 Å². The molecule has 1 unspecified atom stereocenters. The number of fused-ring (bicyclic) bond motifs is 1. The summed E-state index contributed by atoms with van der Waals surface area (Å²) in [6.45, 7) is 1.97. The van der Waals surface area contributed by atoms with Gasteiger partial charge in [0.15, 0.2) is 5.82 Å². The van der Waals surface area contributed by atoms with Crippen LogP contribution in [-0.4, -0.2) is 31.1 Å². The van der Waals surface area contributed by atoms with E-state index >= 15 is 0 Å². The van der Waals surface area contributed by atoms with Crippen LogP contribution in [0.5, 0.6) is 0 Å². The number of H-pyrrole nitrogens is 1. The first-order chi connectivity index (χ1) is 13.7. The van der Waals surface area contributed by atoms with E-state index < -0.39 is 12.2 Å². The smallest absolute Gasteiger partial charge is 0.324 e. The number of halogens is 3. The van der Waals surface area contributed by atoms with E-state index in [4.69, 9.17) is 5.73 Å². The number of nitrogens with two attached hydrogens (primary N) is 1. The lowest BCUT2D eigenvalue weighted by molar-refractivity contribution is -0.149. The molecule has 0 bridgehead atoms. The third kappa shape index (κ3) is 3.54. The number of hydrogen-bond donors (Lipinski definition) is 3. The SMILES string of the molecule is Cc1c(Nc2nc(-c3ccc(C(N)C(F)(F)F)cc3)nn2C)ccc2[nH]ncc12. The summed E-state index contributed by atoms with van der Waals surface area (Å²) in [5.74, 6) is 0.895. The summed E-state index contributed by atoms with van der Waals surface area (Å²) in [6, 6.07) is 7.55. The Labute approximate surface area is 163 Å². The van der Waals surface area contributed by atoms with Gasteiger partial charge in [-0.05, 0) is 30.2 Å². The van der Waals surface area contributed by atoms with Crippen molar-refractivity contribution >= 4 is 22.5 Å². The highest BCUT2D eigenvalue weighted by Gasteiger charge is 2.37. The monoisotopic (exact) mass is 401 g/mol. The summed E-state index contributed by atoms with van der Waals surface area (Å²) in [5, 5.41) is 15.5. The third-order valence-corrected chi connectivity index (χ3v) is 4.78. The topological polar surface area (TPSA) is 97.4 Å². The standard InChI is InChI=1S/C19H18F3N7/c1-10-13-9-24-27-15(13)8-7-14(10)25-18-26-17(28-29(18)2)12-5-3-11(4-6-12)16(23)19(20,21)22/h3-9,16H,23H2,1-2H3,(H,24,27)(H,25,26,28). The van der Waals surface area contributed by atoms with Crippen LogP contribution in [0.4, 0.5) is 24.8 Å². The normalized spacial score (nSPS) is 13.0. The molecule has 29 heavy (non-hydrogen) atoms. The average molecular weight is 401 g/mol. The molecule has 150 valence electrons. The molecule has 0 aliphatic heterocycles. The van der Waals surface area contributed by atoms with Crippen molar-refractivity contribution in [1.82, 2.24) is 25.0 Å². The second-order valence-corrected chi connectivity index (χ2v) is 6.72. The van der Waals surface area contributed by atoms with Crippen LogP contribution in [0, 0.1) is 6.92 Å². The molecule has 10 heteroatoms. The summed E-state index contributed by atoms with van der Waals surface area (Å²) in [7, 11) is 1.73. The zero-order chi connectivity index (χ0) is 20.8. The highest BCUT2D eigenvalue weighted by atomic mass is 19.4. The Bertz CT molecular complexity index is 1160. The van der Waals surface area contributed by atoms with Crippen molar-refractivity contribution in [3.63, 3.8) is 0 Å². The number of alkyl halides is 3. The van der Waals surface area contributed by atoms with E-state index in [0.29, 0.717) is 17.3 Å². The Hall–Kier alpha value is -3.40. The Kier molecular flexibility index (Phi) is 4.50. The molecule has 0 saturated carbocycles. The van der Waals surface area contributed by atoms with Crippen LogP contribution < -0.4 is 11.1 Å². The third-order valence-electron chi connectivity index (χ3n) is 4.78. The van der Waals surface area contributed by atoms with Crippen LogP contribution in [0.3, 0.4) is 0 Å². The molecule has 0 aliphatic carbocycles. The van der Waals surface area contributed by atoms with Gasteiger partial charge in [-0.2, -0.15) is 23.3 Å². The maximum absolute atomic E-state index is 12.8. The molecule has 0 spiro atoms. The molecule has 4 N–H and O–H groups in total.